The van der Waals surface area contributed by atoms with Gasteiger partial charge in [-0.15, -0.1) is 0 Å². The van der Waals surface area contributed by atoms with Crippen LogP contribution in [0.25, 0.3) is 11.3 Å². The molecule has 0 spiro atoms. The molecule has 10 heteroatoms. The predicted octanol–water partition coefficient (Wildman–Crippen LogP) is 4.41. The first-order chi connectivity index (χ1) is 19.2. The topological polar surface area (TPSA) is 105 Å². The van der Waals surface area contributed by atoms with Gasteiger partial charge in [-0.25, -0.2) is 14.4 Å². The summed E-state index contributed by atoms with van der Waals surface area (Å²) in [6.45, 7) is 4.68. The lowest BCUT2D eigenvalue weighted by atomic mass is 9.96. The number of nitrogens with one attached hydrogen (secondary N) is 1. The first-order valence-electron chi connectivity index (χ1n) is 13.5. The zero-order valence-corrected chi connectivity index (χ0v) is 23.2. The second kappa shape index (κ2) is 12.0. The molecule has 2 amide bonds. The van der Waals surface area contributed by atoms with Crippen LogP contribution in [0, 0.1) is 18.7 Å². The number of aliphatic hydroxyl groups excluding tert-OH is 1. The lowest BCUT2D eigenvalue weighted by molar-refractivity contribution is -0.126. The number of ether oxygens (including phenoxy) is 1. The van der Waals surface area contributed by atoms with Crippen molar-refractivity contribution in [3.63, 3.8) is 0 Å². The molecular formula is C30H32ClFN4O4. The number of carbonyl (C=O) groups excluding carboxylic acids is 2. The number of aromatic nitrogens is 2. The molecular weight excluding hydrogens is 535 g/mol. The molecule has 0 saturated carbocycles. The summed E-state index contributed by atoms with van der Waals surface area (Å²) in [4.78, 5) is 37.1. The number of nitrogens with zero attached hydrogens (tertiary/aromatic N) is 3. The van der Waals surface area contributed by atoms with E-state index in [1.807, 2.05) is 12.1 Å². The van der Waals surface area contributed by atoms with Crippen LogP contribution in [0.4, 0.5) is 4.39 Å². The van der Waals surface area contributed by atoms with Crippen molar-refractivity contribution in [3.8, 4) is 11.3 Å². The van der Waals surface area contributed by atoms with E-state index >= 15 is 0 Å². The number of fused-ring (bicyclic) bond motifs is 1. The molecule has 3 heterocycles. The van der Waals surface area contributed by atoms with Crippen LogP contribution in [-0.4, -0.2) is 57.7 Å². The van der Waals surface area contributed by atoms with E-state index in [1.54, 1.807) is 38.2 Å². The number of aliphatic hydroxyl groups is 1. The molecule has 210 valence electrons. The van der Waals surface area contributed by atoms with Crippen molar-refractivity contribution in [2.45, 2.75) is 51.7 Å². The van der Waals surface area contributed by atoms with Crippen molar-refractivity contribution in [1.29, 1.82) is 0 Å². The lowest BCUT2D eigenvalue weighted by Gasteiger charge is -2.26. The molecule has 0 radical (unpaired) electrons. The van der Waals surface area contributed by atoms with Gasteiger partial charge >= 0.3 is 0 Å². The van der Waals surface area contributed by atoms with Crippen molar-refractivity contribution in [1.82, 2.24) is 20.2 Å². The highest BCUT2D eigenvalue weighted by molar-refractivity contribution is 6.32. The molecule has 5 rings (SSSR count). The van der Waals surface area contributed by atoms with E-state index in [9.17, 15) is 19.1 Å². The number of aryl methyl sites for hydroxylation is 1. The van der Waals surface area contributed by atoms with E-state index in [2.05, 4.69) is 10.3 Å². The Morgan fingerprint density at radius 1 is 1.25 bits per heavy atom. The quantitative estimate of drug-likeness (QED) is 0.419. The Hall–Kier alpha value is -3.40. The van der Waals surface area contributed by atoms with Crippen LogP contribution in [0.15, 0.2) is 42.6 Å². The molecule has 2 aliphatic rings. The molecule has 2 atom stereocenters. The predicted molar refractivity (Wildman–Crippen MR) is 148 cm³/mol. The number of halogens is 2. The van der Waals surface area contributed by atoms with E-state index in [1.165, 1.54) is 11.0 Å². The number of amides is 2. The zero-order chi connectivity index (χ0) is 28.4. The minimum Gasteiger partial charge on any atom is -0.394 e. The van der Waals surface area contributed by atoms with Crippen LogP contribution in [0.3, 0.4) is 0 Å². The Kier molecular flexibility index (Phi) is 8.44. The summed E-state index contributed by atoms with van der Waals surface area (Å²) >= 11 is 6.47. The van der Waals surface area contributed by atoms with E-state index < -0.39 is 30.4 Å². The standard InChI is InChI=1S/C30H32ClFN4O4/c1-17-3-6-25(32)23(11-17)26(16-37)34-29(38)18(2)36-15-21-5-4-20(13-22(21)30(36)39)28-24(31)14-33-27(35-28)12-19-7-9-40-10-8-19/h3-6,11,13-14,18-19,26,37H,7-10,12,15-16H2,1-2H3,(H,34,38)/t18-,26-/m1/s1. The van der Waals surface area contributed by atoms with Crippen molar-refractivity contribution in [2.75, 3.05) is 19.8 Å². The van der Waals surface area contributed by atoms with Crippen LogP contribution < -0.4 is 5.32 Å². The molecule has 1 aromatic heterocycles. The van der Waals surface area contributed by atoms with Crippen LogP contribution in [0.2, 0.25) is 5.02 Å². The van der Waals surface area contributed by atoms with Gasteiger partial charge < -0.3 is 20.1 Å². The van der Waals surface area contributed by atoms with Crippen LogP contribution in [0.5, 0.6) is 0 Å². The molecule has 8 nitrogen and oxygen atoms in total. The fourth-order valence-corrected chi connectivity index (χ4v) is 5.48. The summed E-state index contributed by atoms with van der Waals surface area (Å²) in [6, 6.07) is 8.21. The Morgan fingerprint density at radius 2 is 2.02 bits per heavy atom. The monoisotopic (exact) mass is 566 g/mol. The largest absolute Gasteiger partial charge is 0.394 e. The van der Waals surface area contributed by atoms with E-state index in [-0.39, 0.29) is 18.0 Å². The van der Waals surface area contributed by atoms with E-state index in [4.69, 9.17) is 21.3 Å². The van der Waals surface area contributed by atoms with Crippen molar-refractivity contribution in [3.05, 3.63) is 81.5 Å². The number of carbonyl (C=O) groups is 2. The maximum atomic E-state index is 14.4. The Bertz CT molecular complexity index is 1430. The van der Waals surface area contributed by atoms with Crippen molar-refractivity contribution >= 4 is 23.4 Å². The molecule has 2 N–H and O–H groups in total. The van der Waals surface area contributed by atoms with Crippen molar-refractivity contribution in [2.24, 2.45) is 5.92 Å². The van der Waals surface area contributed by atoms with Crippen molar-refractivity contribution < 1.29 is 23.8 Å². The second-order valence-electron chi connectivity index (χ2n) is 10.5. The average Bonchev–Trinajstić information content (AvgIpc) is 3.29. The van der Waals surface area contributed by atoms with Crippen LogP contribution >= 0.6 is 11.6 Å². The SMILES string of the molecule is Cc1ccc(F)c([C@@H](CO)NC(=O)[C@@H](C)N2Cc3ccc(-c4nc(CC5CCOCC5)ncc4Cl)cc3C2=O)c1. The maximum Gasteiger partial charge on any atom is 0.255 e. The first kappa shape index (κ1) is 28.1. The minimum absolute atomic E-state index is 0.196. The lowest BCUT2D eigenvalue weighted by Crippen LogP contribution is -2.46. The maximum absolute atomic E-state index is 14.4. The third-order valence-corrected chi connectivity index (χ3v) is 7.97. The summed E-state index contributed by atoms with van der Waals surface area (Å²) in [5, 5.41) is 13.0. The molecule has 0 unspecified atom stereocenters. The normalized spacial score (nSPS) is 17.0. The van der Waals surface area contributed by atoms with Gasteiger partial charge in [-0.3, -0.25) is 9.59 Å². The Labute approximate surface area is 237 Å². The number of hydrogen-bond acceptors (Lipinski definition) is 6. The van der Waals surface area contributed by atoms with Gasteiger partial charge in [-0.05, 0) is 50.3 Å². The summed E-state index contributed by atoms with van der Waals surface area (Å²) in [5.74, 6) is -0.145. The van der Waals surface area contributed by atoms with Crippen LogP contribution in [-0.2, 0) is 22.5 Å². The molecule has 0 bridgehead atoms. The second-order valence-corrected chi connectivity index (χ2v) is 10.9. The van der Waals surface area contributed by atoms with Gasteiger partial charge in [0.2, 0.25) is 5.91 Å². The number of benzene rings is 2. The van der Waals surface area contributed by atoms with E-state index in [0.29, 0.717) is 33.6 Å². The molecule has 2 aliphatic heterocycles. The highest BCUT2D eigenvalue weighted by Crippen LogP contribution is 2.32. The van der Waals surface area contributed by atoms with Crippen LogP contribution in [0.1, 0.15) is 58.7 Å². The molecule has 40 heavy (non-hydrogen) atoms. The minimum atomic E-state index is -0.934. The summed E-state index contributed by atoms with van der Waals surface area (Å²) in [5.41, 5.74) is 3.51. The van der Waals surface area contributed by atoms with Gasteiger partial charge in [0, 0.05) is 49.1 Å². The fraction of sp³-hybridized carbons (Fsp3) is 0.400. The van der Waals surface area contributed by atoms with Gasteiger partial charge in [0.15, 0.2) is 0 Å². The highest BCUT2D eigenvalue weighted by atomic mass is 35.5. The van der Waals surface area contributed by atoms with Gasteiger partial charge in [-0.1, -0.05) is 41.4 Å². The third-order valence-electron chi connectivity index (χ3n) is 7.69. The summed E-state index contributed by atoms with van der Waals surface area (Å²) < 4.78 is 19.8. The highest BCUT2D eigenvalue weighted by Gasteiger charge is 2.35. The smallest absolute Gasteiger partial charge is 0.255 e. The molecule has 1 fully saturated rings. The number of rotatable bonds is 8. The Morgan fingerprint density at radius 3 is 2.77 bits per heavy atom. The van der Waals surface area contributed by atoms with Gasteiger partial charge in [0.05, 0.1) is 23.4 Å². The molecule has 2 aromatic carbocycles. The molecule has 1 saturated heterocycles. The summed E-state index contributed by atoms with van der Waals surface area (Å²) in [6.07, 6.45) is 4.27. The van der Waals surface area contributed by atoms with Gasteiger partial charge in [0.25, 0.3) is 5.91 Å². The van der Waals surface area contributed by atoms with Gasteiger partial charge in [-0.2, -0.15) is 0 Å². The van der Waals surface area contributed by atoms with Gasteiger partial charge in [0.1, 0.15) is 17.7 Å². The average molecular weight is 567 g/mol. The molecule has 0 aliphatic carbocycles. The zero-order valence-electron chi connectivity index (χ0n) is 22.5. The number of hydrogen-bond donors (Lipinski definition) is 2. The van der Waals surface area contributed by atoms with E-state index in [0.717, 1.165) is 43.6 Å². The first-order valence-corrected chi connectivity index (χ1v) is 13.8. The Balaban J connectivity index is 1.31. The fourth-order valence-electron chi connectivity index (χ4n) is 5.28. The molecule has 3 aromatic rings. The third kappa shape index (κ3) is 5.87. The summed E-state index contributed by atoms with van der Waals surface area (Å²) in [7, 11) is 0.